The lowest BCUT2D eigenvalue weighted by Gasteiger charge is -1.74. The highest BCUT2D eigenvalue weighted by molar-refractivity contribution is 4.64. The van der Waals surface area contributed by atoms with E-state index in [1.807, 2.05) is 10.1 Å². The maximum Gasteiger partial charge on any atom is 0.342 e. The minimum Gasteiger partial charge on any atom is -0.344 e. The van der Waals surface area contributed by atoms with Crippen LogP contribution < -0.4 is 17.4 Å². The van der Waals surface area contributed by atoms with Gasteiger partial charge in [0.25, 0.3) is 5.56 Å². The molecular formula is C3H6N4O2. The van der Waals surface area contributed by atoms with Gasteiger partial charge in [-0.3, -0.25) is 9.78 Å². The number of aromatic nitrogens is 3. The van der Waals surface area contributed by atoms with Crippen molar-refractivity contribution in [1.82, 2.24) is 21.3 Å². The molecule has 50 valence electrons. The first-order valence-corrected chi connectivity index (χ1v) is 1.93. The Bertz CT molecular complexity index is 248. The zero-order chi connectivity index (χ0) is 5.98. The zero-order valence-electron chi connectivity index (χ0n) is 4.55. The molecule has 0 radical (unpaired) electrons. The van der Waals surface area contributed by atoms with E-state index in [2.05, 4.69) is 5.10 Å². The number of nitrogens with one attached hydrogen (secondary N) is 2. The molecule has 0 aliphatic heterocycles. The second-order valence-corrected chi connectivity index (χ2v) is 1.19. The normalized spacial score (nSPS) is 8.00. The van der Waals surface area contributed by atoms with E-state index in [4.69, 9.17) is 0 Å². The predicted octanol–water partition coefficient (Wildman–Crippen LogP) is -1.38. The Morgan fingerprint density at radius 1 is 1.44 bits per heavy atom. The molecule has 0 fully saturated rings. The van der Waals surface area contributed by atoms with Crippen molar-refractivity contribution < 1.29 is 0 Å². The lowest BCUT2D eigenvalue weighted by atomic mass is 10.9. The van der Waals surface area contributed by atoms with Gasteiger partial charge in [0.15, 0.2) is 0 Å². The van der Waals surface area contributed by atoms with Gasteiger partial charge in [-0.2, -0.15) is 5.10 Å². The van der Waals surface area contributed by atoms with Crippen LogP contribution in [0, 0.1) is 0 Å². The van der Waals surface area contributed by atoms with Gasteiger partial charge in [-0.05, 0) is 0 Å². The van der Waals surface area contributed by atoms with E-state index < -0.39 is 11.2 Å². The highest BCUT2D eigenvalue weighted by Crippen LogP contribution is 1.40. The molecule has 6 heteroatoms. The number of aromatic amines is 2. The van der Waals surface area contributed by atoms with E-state index in [0.29, 0.717) is 0 Å². The molecule has 6 nitrogen and oxygen atoms in total. The van der Waals surface area contributed by atoms with Crippen LogP contribution in [-0.4, -0.2) is 15.2 Å². The van der Waals surface area contributed by atoms with Crippen LogP contribution in [0.1, 0.15) is 0 Å². The molecule has 1 aromatic rings. The number of hydrogen-bond acceptors (Lipinski definition) is 4. The minimum atomic E-state index is -0.586. The predicted molar refractivity (Wildman–Crippen MR) is 30.5 cm³/mol. The number of H-pyrrole nitrogens is 2. The van der Waals surface area contributed by atoms with Crippen LogP contribution in [-0.2, 0) is 0 Å². The molecule has 0 spiro atoms. The Labute approximate surface area is 49.5 Å². The van der Waals surface area contributed by atoms with Crippen LogP contribution in [0.25, 0.3) is 0 Å². The van der Waals surface area contributed by atoms with Gasteiger partial charge in [0.2, 0.25) is 0 Å². The van der Waals surface area contributed by atoms with E-state index >= 15 is 0 Å². The summed E-state index contributed by atoms with van der Waals surface area (Å²) in [5.41, 5.74) is -1.08. The lowest BCUT2D eigenvalue weighted by Crippen LogP contribution is -2.21. The average molecular weight is 130 g/mol. The van der Waals surface area contributed by atoms with E-state index in [-0.39, 0.29) is 6.15 Å². The topological polar surface area (TPSA) is 114 Å². The largest absolute Gasteiger partial charge is 0.344 e. The van der Waals surface area contributed by atoms with E-state index in [0.717, 1.165) is 6.20 Å². The molecule has 0 aliphatic carbocycles. The molecule has 1 heterocycles. The Morgan fingerprint density at radius 2 is 2.11 bits per heavy atom. The molecule has 0 aliphatic rings. The smallest absolute Gasteiger partial charge is 0.342 e. The van der Waals surface area contributed by atoms with Crippen molar-refractivity contribution in [3.05, 3.63) is 27.0 Å². The highest BCUT2D eigenvalue weighted by atomic mass is 16.2. The van der Waals surface area contributed by atoms with Crippen LogP contribution in [0.4, 0.5) is 0 Å². The van der Waals surface area contributed by atoms with Crippen molar-refractivity contribution in [2.24, 2.45) is 0 Å². The van der Waals surface area contributed by atoms with Gasteiger partial charge in [0, 0.05) is 0 Å². The molecule has 0 saturated heterocycles. The third-order valence-corrected chi connectivity index (χ3v) is 0.585. The summed E-state index contributed by atoms with van der Waals surface area (Å²) in [7, 11) is 0. The summed E-state index contributed by atoms with van der Waals surface area (Å²) in [6.07, 6.45) is 0.987. The van der Waals surface area contributed by atoms with Crippen LogP contribution in [0.15, 0.2) is 15.8 Å². The van der Waals surface area contributed by atoms with E-state index in [1.165, 1.54) is 0 Å². The third-order valence-electron chi connectivity index (χ3n) is 0.585. The number of nitrogens with zero attached hydrogens (tertiary/aromatic N) is 1. The first-order chi connectivity index (χ1) is 3.79. The summed E-state index contributed by atoms with van der Waals surface area (Å²) in [4.78, 5) is 22.2. The highest BCUT2D eigenvalue weighted by Gasteiger charge is 1.79. The standard InChI is InChI=1S/C3H3N3O2.H3N/c7-2-1-4-6-3(8)5-2;/h1H,(H2,5,6,7,8);1H3. The Kier molecular flexibility index (Phi) is 2.33. The Hall–Kier alpha value is -1.43. The summed E-state index contributed by atoms with van der Waals surface area (Å²) in [5.74, 6) is 0. The van der Waals surface area contributed by atoms with Crippen LogP contribution >= 0.6 is 0 Å². The van der Waals surface area contributed by atoms with Crippen molar-refractivity contribution in [3.8, 4) is 0 Å². The fraction of sp³-hybridized carbons (Fsp3) is 0. The second kappa shape index (κ2) is 2.78. The summed E-state index contributed by atoms with van der Waals surface area (Å²) >= 11 is 0. The van der Waals surface area contributed by atoms with Gasteiger partial charge in [0.1, 0.15) is 6.20 Å². The fourth-order valence-corrected chi connectivity index (χ4v) is 0.322. The summed E-state index contributed by atoms with van der Waals surface area (Å²) in [5, 5.41) is 5.21. The van der Waals surface area contributed by atoms with Crippen molar-refractivity contribution in [1.29, 1.82) is 0 Å². The minimum absolute atomic E-state index is 0. The van der Waals surface area contributed by atoms with Gasteiger partial charge in [-0.15, -0.1) is 0 Å². The first kappa shape index (κ1) is 7.57. The molecule has 5 N–H and O–H groups in total. The van der Waals surface area contributed by atoms with Gasteiger partial charge in [0.05, 0.1) is 0 Å². The van der Waals surface area contributed by atoms with Gasteiger partial charge < -0.3 is 6.15 Å². The molecule has 0 aromatic carbocycles. The Balaban J connectivity index is 0.000000640. The summed E-state index contributed by atoms with van der Waals surface area (Å²) < 4.78 is 0. The Morgan fingerprint density at radius 3 is 2.44 bits per heavy atom. The number of hydrogen-bond donors (Lipinski definition) is 3. The molecule has 1 aromatic heterocycles. The summed E-state index contributed by atoms with van der Waals surface area (Å²) in [6.45, 7) is 0. The lowest BCUT2D eigenvalue weighted by molar-refractivity contribution is 0.890. The molecule has 0 bridgehead atoms. The second-order valence-electron chi connectivity index (χ2n) is 1.19. The van der Waals surface area contributed by atoms with Crippen molar-refractivity contribution in [2.45, 2.75) is 0 Å². The average Bonchev–Trinajstić information content (AvgIpc) is 1.64. The van der Waals surface area contributed by atoms with Crippen molar-refractivity contribution in [2.75, 3.05) is 0 Å². The van der Waals surface area contributed by atoms with E-state index in [9.17, 15) is 9.59 Å². The molecule has 0 saturated carbocycles. The maximum absolute atomic E-state index is 10.2. The molecule has 1 rings (SSSR count). The SMILES string of the molecule is N.O=c1cn[nH]c(=O)[nH]1. The van der Waals surface area contributed by atoms with E-state index in [1.54, 1.807) is 0 Å². The molecule has 0 amide bonds. The molecular weight excluding hydrogens is 124 g/mol. The fourth-order valence-electron chi connectivity index (χ4n) is 0.322. The van der Waals surface area contributed by atoms with Crippen LogP contribution in [0.5, 0.6) is 0 Å². The monoisotopic (exact) mass is 130 g/mol. The molecule has 9 heavy (non-hydrogen) atoms. The number of rotatable bonds is 0. The van der Waals surface area contributed by atoms with Gasteiger partial charge in [-0.1, -0.05) is 0 Å². The van der Waals surface area contributed by atoms with Crippen LogP contribution in [0.3, 0.4) is 0 Å². The zero-order valence-corrected chi connectivity index (χ0v) is 4.55. The quantitative estimate of drug-likeness (QED) is 0.401. The van der Waals surface area contributed by atoms with Gasteiger partial charge >= 0.3 is 5.69 Å². The third kappa shape index (κ3) is 1.87. The first-order valence-electron chi connectivity index (χ1n) is 1.93. The maximum atomic E-state index is 10.2. The van der Waals surface area contributed by atoms with Crippen LogP contribution in [0.2, 0.25) is 0 Å². The van der Waals surface area contributed by atoms with Crippen molar-refractivity contribution >= 4 is 0 Å². The molecule has 0 atom stereocenters. The molecule has 0 unspecified atom stereocenters. The summed E-state index contributed by atoms with van der Waals surface area (Å²) in [6, 6.07) is 0. The van der Waals surface area contributed by atoms with Gasteiger partial charge in [-0.25, -0.2) is 9.89 Å². The van der Waals surface area contributed by atoms with Crippen molar-refractivity contribution in [3.63, 3.8) is 0 Å².